The smallest absolute Gasteiger partial charge is 0.232 e. The van der Waals surface area contributed by atoms with Crippen LogP contribution in [0.1, 0.15) is 31.2 Å². The van der Waals surface area contributed by atoms with Crippen LogP contribution in [0.4, 0.5) is 5.69 Å². The van der Waals surface area contributed by atoms with Gasteiger partial charge in [-0.25, -0.2) is 8.42 Å². The second-order valence-corrected chi connectivity index (χ2v) is 7.51. The van der Waals surface area contributed by atoms with E-state index in [9.17, 15) is 8.42 Å². The van der Waals surface area contributed by atoms with Gasteiger partial charge in [-0.2, -0.15) is 0 Å². The molecule has 1 saturated carbocycles. The van der Waals surface area contributed by atoms with Crippen LogP contribution in [0.15, 0.2) is 18.2 Å². The number of nitrogens with zero attached hydrogens (tertiary/aromatic N) is 1. The van der Waals surface area contributed by atoms with Crippen LogP contribution in [0.3, 0.4) is 0 Å². The Balaban J connectivity index is 2.18. The third-order valence-corrected chi connectivity index (χ3v) is 5.50. The van der Waals surface area contributed by atoms with Gasteiger partial charge in [-0.1, -0.05) is 6.07 Å². The molecule has 1 aromatic rings. The average molecular weight is 281 g/mol. The van der Waals surface area contributed by atoms with Gasteiger partial charge in [-0.05, 0) is 42.7 Å². The molecule has 2 aliphatic rings. The first-order chi connectivity index (χ1) is 8.96. The standard InChI is InChI=1S/C14H19NO3S/c1-18-11-4-5-12-13(10-11)15(19(2,16)17)9-3-6-14(12)7-8-14/h4-5,10H,3,6-9H2,1-2H3. The highest BCUT2D eigenvalue weighted by Gasteiger charge is 2.47. The molecule has 1 aliphatic heterocycles. The molecule has 0 aromatic heterocycles. The van der Waals surface area contributed by atoms with E-state index in [2.05, 4.69) is 0 Å². The largest absolute Gasteiger partial charge is 0.497 e. The number of methoxy groups -OCH3 is 1. The molecule has 19 heavy (non-hydrogen) atoms. The minimum Gasteiger partial charge on any atom is -0.497 e. The van der Waals surface area contributed by atoms with Crippen molar-refractivity contribution >= 4 is 15.7 Å². The van der Waals surface area contributed by atoms with Crippen LogP contribution < -0.4 is 9.04 Å². The summed E-state index contributed by atoms with van der Waals surface area (Å²) in [5.41, 5.74) is 2.22. The van der Waals surface area contributed by atoms with Crippen LogP contribution in [0, 0.1) is 0 Å². The molecule has 4 nitrogen and oxygen atoms in total. The SMILES string of the molecule is COc1ccc2c(c1)N(S(C)(=O)=O)CCCC21CC1. The number of hydrogen-bond acceptors (Lipinski definition) is 3. The van der Waals surface area contributed by atoms with Gasteiger partial charge in [0.05, 0.1) is 19.1 Å². The Labute approximate surface area is 114 Å². The maximum absolute atomic E-state index is 12.0. The molecule has 0 amide bonds. The summed E-state index contributed by atoms with van der Waals surface area (Å²) in [4.78, 5) is 0. The lowest BCUT2D eigenvalue weighted by molar-refractivity contribution is 0.414. The van der Waals surface area contributed by atoms with E-state index in [1.54, 1.807) is 7.11 Å². The summed E-state index contributed by atoms with van der Waals surface area (Å²) >= 11 is 0. The van der Waals surface area contributed by atoms with E-state index >= 15 is 0 Å². The van der Waals surface area contributed by atoms with Crippen LogP contribution >= 0.6 is 0 Å². The quantitative estimate of drug-likeness (QED) is 0.835. The summed E-state index contributed by atoms with van der Waals surface area (Å²) in [5.74, 6) is 0.713. The van der Waals surface area contributed by atoms with Crippen molar-refractivity contribution in [2.45, 2.75) is 31.1 Å². The van der Waals surface area contributed by atoms with E-state index in [4.69, 9.17) is 4.74 Å². The normalized spacial score (nSPS) is 20.8. The Bertz CT molecular complexity index is 605. The molecular weight excluding hydrogens is 262 g/mol. The first-order valence-corrected chi connectivity index (χ1v) is 8.47. The molecule has 0 saturated heterocycles. The van der Waals surface area contributed by atoms with Gasteiger partial charge in [-0.3, -0.25) is 4.31 Å². The predicted molar refractivity (Wildman–Crippen MR) is 75.3 cm³/mol. The molecule has 0 bridgehead atoms. The molecule has 5 heteroatoms. The summed E-state index contributed by atoms with van der Waals surface area (Å²) in [5, 5.41) is 0. The first kappa shape index (κ1) is 12.8. The Morgan fingerprint density at radius 1 is 1.26 bits per heavy atom. The summed E-state index contributed by atoms with van der Waals surface area (Å²) in [6, 6.07) is 5.84. The molecule has 3 rings (SSSR count). The van der Waals surface area contributed by atoms with Gasteiger partial charge in [0.1, 0.15) is 5.75 Å². The van der Waals surface area contributed by atoms with Crippen molar-refractivity contribution in [3.05, 3.63) is 23.8 Å². The summed E-state index contributed by atoms with van der Waals surface area (Å²) in [7, 11) is -1.62. The zero-order valence-electron chi connectivity index (χ0n) is 11.3. The topological polar surface area (TPSA) is 46.6 Å². The average Bonchev–Trinajstić information content (AvgIpc) is 3.15. The highest BCUT2D eigenvalue weighted by Crippen LogP contribution is 2.56. The van der Waals surface area contributed by atoms with Crippen molar-refractivity contribution in [1.29, 1.82) is 0 Å². The number of ether oxygens (including phenoxy) is 1. The second-order valence-electron chi connectivity index (χ2n) is 5.60. The maximum atomic E-state index is 12.0. The molecule has 0 N–H and O–H groups in total. The third kappa shape index (κ3) is 2.10. The van der Waals surface area contributed by atoms with E-state index < -0.39 is 10.0 Å². The molecule has 0 unspecified atom stereocenters. The Hall–Kier alpha value is -1.23. The zero-order valence-corrected chi connectivity index (χ0v) is 12.2. The number of anilines is 1. The summed E-state index contributed by atoms with van der Waals surface area (Å²) < 4.78 is 30.8. The highest BCUT2D eigenvalue weighted by molar-refractivity contribution is 7.92. The molecular formula is C14H19NO3S. The van der Waals surface area contributed by atoms with Crippen LogP contribution in [0.25, 0.3) is 0 Å². The van der Waals surface area contributed by atoms with Gasteiger partial charge in [0.2, 0.25) is 10.0 Å². The molecule has 104 valence electrons. The summed E-state index contributed by atoms with van der Waals surface area (Å²) in [6.07, 6.45) is 5.62. The molecule has 0 atom stereocenters. The fourth-order valence-electron chi connectivity index (χ4n) is 3.12. The predicted octanol–water partition coefficient (Wildman–Crippen LogP) is 2.29. The fraction of sp³-hybridized carbons (Fsp3) is 0.571. The lowest BCUT2D eigenvalue weighted by atomic mass is 9.91. The fourth-order valence-corrected chi connectivity index (χ4v) is 4.09. The number of rotatable bonds is 2. The van der Waals surface area contributed by atoms with Gasteiger partial charge in [0, 0.05) is 12.6 Å². The highest BCUT2D eigenvalue weighted by atomic mass is 32.2. The van der Waals surface area contributed by atoms with E-state index in [0.717, 1.165) is 18.5 Å². The lowest BCUT2D eigenvalue weighted by Crippen LogP contribution is -2.30. The van der Waals surface area contributed by atoms with Gasteiger partial charge >= 0.3 is 0 Å². The van der Waals surface area contributed by atoms with Crippen LogP contribution in [0.2, 0.25) is 0 Å². The van der Waals surface area contributed by atoms with E-state index in [-0.39, 0.29) is 5.41 Å². The van der Waals surface area contributed by atoms with Crippen LogP contribution in [-0.2, 0) is 15.4 Å². The van der Waals surface area contributed by atoms with Crippen LogP contribution in [0.5, 0.6) is 5.75 Å². The van der Waals surface area contributed by atoms with Gasteiger partial charge in [0.25, 0.3) is 0 Å². The van der Waals surface area contributed by atoms with Crippen molar-refractivity contribution in [2.75, 3.05) is 24.2 Å². The summed E-state index contributed by atoms with van der Waals surface area (Å²) in [6.45, 7) is 0.570. The van der Waals surface area contributed by atoms with Crippen molar-refractivity contribution in [3.8, 4) is 5.75 Å². The second kappa shape index (κ2) is 4.13. The first-order valence-electron chi connectivity index (χ1n) is 6.63. The molecule has 1 fully saturated rings. The van der Waals surface area contributed by atoms with E-state index in [1.807, 2.05) is 18.2 Å². The van der Waals surface area contributed by atoms with Crippen molar-refractivity contribution in [1.82, 2.24) is 0 Å². The van der Waals surface area contributed by atoms with E-state index in [0.29, 0.717) is 12.3 Å². The van der Waals surface area contributed by atoms with Crippen molar-refractivity contribution < 1.29 is 13.2 Å². The monoisotopic (exact) mass is 281 g/mol. The third-order valence-electron chi connectivity index (χ3n) is 4.32. The molecule has 1 heterocycles. The minimum atomic E-state index is -3.23. The van der Waals surface area contributed by atoms with Gasteiger partial charge < -0.3 is 4.74 Å². The molecule has 1 aliphatic carbocycles. The Kier molecular flexibility index (Phi) is 2.78. The van der Waals surface area contributed by atoms with Crippen molar-refractivity contribution in [3.63, 3.8) is 0 Å². The molecule has 1 aromatic carbocycles. The number of sulfonamides is 1. The number of benzene rings is 1. The van der Waals surface area contributed by atoms with Crippen LogP contribution in [-0.4, -0.2) is 28.3 Å². The van der Waals surface area contributed by atoms with E-state index in [1.165, 1.54) is 29.0 Å². The van der Waals surface area contributed by atoms with Gasteiger partial charge in [0.15, 0.2) is 0 Å². The Morgan fingerprint density at radius 2 is 2.00 bits per heavy atom. The maximum Gasteiger partial charge on any atom is 0.232 e. The molecule has 0 radical (unpaired) electrons. The minimum absolute atomic E-state index is 0.223. The zero-order chi connectivity index (χ0) is 13.7. The lowest BCUT2D eigenvalue weighted by Gasteiger charge is -2.24. The number of hydrogen-bond donors (Lipinski definition) is 0. The van der Waals surface area contributed by atoms with Crippen molar-refractivity contribution in [2.24, 2.45) is 0 Å². The number of fused-ring (bicyclic) bond motifs is 2. The van der Waals surface area contributed by atoms with Gasteiger partial charge in [-0.15, -0.1) is 0 Å². The molecule has 1 spiro atoms. The Morgan fingerprint density at radius 3 is 2.58 bits per heavy atom.